The molecule has 0 N–H and O–H groups in total. The number of ketones is 1. The maximum atomic E-state index is 12.9. The van der Waals surface area contributed by atoms with Crippen LogP contribution in [0, 0.1) is 11.8 Å². The Morgan fingerprint density at radius 1 is 0.871 bits per heavy atom. The van der Waals surface area contributed by atoms with Gasteiger partial charge in [-0.1, -0.05) is 6.92 Å². The highest BCUT2D eigenvalue weighted by Crippen LogP contribution is 2.31. The molecule has 2 heterocycles. The zero-order valence-electron chi connectivity index (χ0n) is 20.4. The molecule has 0 atom stereocenters. The van der Waals surface area contributed by atoms with Crippen LogP contribution in [-0.4, -0.2) is 90.5 Å². The van der Waals surface area contributed by atoms with E-state index in [0.29, 0.717) is 11.4 Å². The summed E-state index contributed by atoms with van der Waals surface area (Å²) in [7, 11) is 0. The minimum atomic E-state index is 0.129. The summed E-state index contributed by atoms with van der Waals surface area (Å²) in [5.41, 5.74) is 0.306. The van der Waals surface area contributed by atoms with Crippen molar-refractivity contribution in [3.63, 3.8) is 0 Å². The molecule has 6 nitrogen and oxygen atoms in total. The number of piperazine rings is 1. The molecular weight excluding hydrogens is 390 g/mol. The Kier molecular flexibility index (Phi) is 8.94. The number of rotatable bonds is 8. The van der Waals surface area contributed by atoms with Crippen LogP contribution in [0.15, 0.2) is 0 Å². The van der Waals surface area contributed by atoms with Crippen molar-refractivity contribution < 1.29 is 14.3 Å². The van der Waals surface area contributed by atoms with Crippen molar-refractivity contribution in [2.45, 2.75) is 84.3 Å². The third kappa shape index (κ3) is 6.75. The molecule has 1 amide bonds. The third-order valence-electron chi connectivity index (χ3n) is 8.26. The predicted molar refractivity (Wildman–Crippen MR) is 124 cm³/mol. The van der Waals surface area contributed by atoms with Gasteiger partial charge in [-0.3, -0.25) is 19.4 Å². The Bertz CT molecular complexity index is 585. The molecule has 1 saturated carbocycles. The van der Waals surface area contributed by atoms with E-state index in [4.69, 9.17) is 4.74 Å². The molecular formula is C25H45N3O3. The van der Waals surface area contributed by atoms with Gasteiger partial charge >= 0.3 is 0 Å². The summed E-state index contributed by atoms with van der Waals surface area (Å²) in [4.78, 5) is 31.6. The number of amides is 1. The summed E-state index contributed by atoms with van der Waals surface area (Å²) in [6.07, 6.45) is 6.91. The average molecular weight is 436 g/mol. The molecule has 3 aliphatic rings. The first kappa shape index (κ1) is 24.7. The first-order chi connectivity index (χ1) is 14.8. The molecule has 0 bridgehead atoms. The van der Waals surface area contributed by atoms with E-state index >= 15 is 0 Å². The van der Waals surface area contributed by atoms with Crippen molar-refractivity contribution in [2.75, 3.05) is 52.4 Å². The van der Waals surface area contributed by atoms with Crippen molar-refractivity contribution in [2.24, 2.45) is 11.8 Å². The molecule has 31 heavy (non-hydrogen) atoms. The lowest BCUT2D eigenvalue weighted by molar-refractivity contribution is -0.140. The fraction of sp³-hybridized carbons (Fsp3) is 0.920. The average Bonchev–Trinajstić information content (AvgIpc) is 2.79. The van der Waals surface area contributed by atoms with Crippen LogP contribution in [0.5, 0.6) is 0 Å². The van der Waals surface area contributed by atoms with Crippen LogP contribution in [0.25, 0.3) is 0 Å². The zero-order valence-corrected chi connectivity index (χ0v) is 20.4. The number of ether oxygens (including phenoxy) is 1. The van der Waals surface area contributed by atoms with Crippen molar-refractivity contribution in [1.29, 1.82) is 0 Å². The molecule has 0 spiro atoms. The van der Waals surface area contributed by atoms with Crippen molar-refractivity contribution in [1.82, 2.24) is 14.7 Å². The van der Waals surface area contributed by atoms with E-state index in [0.717, 1.165) is 90.9 Å². The third-order valence-corrected chi connectivity index (χ3v) is 8.26. The van der Waals surface area contributed by atoms with E-state index in [1.807, 2.05) is 4.90 Å². The molecule has 2 aliphatic heterocycles. The fourth-order valence-electron chi connectivity index (χ4n) is 5.40. The maximum Gasteiger partial charge on any atom is 0.225 e. The van der Waals surface area contributed by atoms with Gasteiger partial charge in [-0.2, -0.15) is 0 Å². The highest BCUT2D eigenvalue weighted by molar-refractivity contribution is 5.81. The Morgan fingerprint density at radius 2 is 1.45 bits per heavy atom. The van der Waals surface area contributed by atoms with E-state index in [-0.39, 0.29) is 23.7 Å². The van der Waals surface area contributed by atoms with Crippen molar-refractivity contribution in [3.8, 4) is 0 Å². The largest absolute Gasteiger partial charge is 0.377 e. The summed E-state index contributed by atoms with van der Waals surface area (Å²) in [5.74, 6) is 0.914. The summed E-state index contributed by atoms with van der Waals surface area (Å²) < 4.78 is 6.18. The van der Waals surface area contributed by atoms with Gasteiger partial charge in [0, 0.05) is 63.2 Å². The molecule has 6 heteroatoms. The maximum absolute atomic E-state index is 12.9. The number of carbonyl (C=O) groups is 2. The zero-order chi connectivity index (χ0) is 22.4. The number of likely N-dealkylation sites (tertiary alicyclic amines) is 1. The van der Waals surface area contributed by atoms with Gasteiger partial charge in [0.1, 0.15) is 5.78 Å². The minimum absolute atomic E-state index is 0.129. The van der Waals surface area contributed by atoms with Crippen LogP contribution in [0.1, 0.15) is 72.6 Å². The van der Waals surface area contributed by atoms with Gasteiger partial charge in [0.25, 0.3) is 0 Å². The Hall–Kier alpha value is -0.980. The smallest absolute Gasteiger partial charge is 0.225 e. The predicted octanol–water partition coefficient (Wildman–Crippen LogP) is 3.20. The molecule has 178 valence electrons. The SMILES string of the molecule is CCC(C)(C)N1CCN(CCOC2CCN(C(=O)C3CCC(C(C)=O)CC3)CC2)CC1. The van der Waals surface area contributed by atoms with Crippen LogP contribution in [0.2, 0.25) is 0 Å². The van der Waals surface area contributed by atoms with Crippen LogP contribution in [0.3, 0.4) is 0 Å². The number of carbonyl (C=O) groups excluding carboxylic acids is 2. The minimum Gasteiger partial charge on any atom is -0.377 e. The van der Waals surface area contributed by atoms with E-state index in [9.17, 15) is 9.59 Å². The van der Waals surface area contributed by atoms with Crippen LogP contribution in [-0.2, 0) is 14.3 Å². The Labute approximate surface area is 189 Å². The number of nitrogens with zero attached hydrogens (tertiary/aromatic N) is 3. The molecule has 1 aliphatic carbocycles. The molecule has 3 rings (SSSR count). The standard InChI is InChI=1S/C25H45N3O3/c1-5-25(3,4)28-16-14-26(15-17-28)18-19-31-23-10-12-27(13-11-23)24(30)22-8-6-21(7-9-22)20(2)29/h21-23H,5-19H2,1-4H3. The molecule has 0 unspecified atom stereocenters. The lowest BCUT2D eigenvalue weighted by Gasteiger charge is -2.44. The van der Waals surface area contributed by atoms with Crippen LogP contribution < -0.4 is 0 Å². The Morgan fingerprint density at radius 3 is 2.00 bits per heavy atom. The normalized spacial score (nSPS) is 27.4. The summed E-state index contributed by atoms with van der Waals surface area (Å²) in [5, 5.41) is 0. The van der Waals surface area contributed by atoms with Gasteiger partial charge in [-0.25, -0.2) is 0 Å². The van der Waals surface area contributed by atoms with E-state index in [1.54, 1.807) is 6.92 Å². The second-order valence-electron chi connectivity index (χ2n) is 10.5. The van der Waals surface area contributed by atoms with E-state index in [1.165, 1.54) is 6.42 Å². The van der Waals surface area contributed by atoms with Gasteiger partial charge in [-0.15, -0.1) is 0 Å². The second-order valence-corrected chi connectivity index (χ2v) is 10.5. The number of piperidine rings is 1. The van der Waals surface area contributed by atoms with Gasteiger partial charge in [0.05, 0.1) is 12.7 Å². The fourth-order valence-corrected chi connectivity index (χ4v) is 5.40. The lowest BCUT2D eigenvalue weighted by atomic mass is 9.79. The molecule has 0 aromatic heterocycles. The van der Waals surface area contributed by atoms with E-state index < -0.39 is 0 Å². The topological polar surface area (TPSA) is 53.1 Å². The molecule has 0 aromatic carbocycles. The highest BCUT2D eigenvalue weighted by Gasteiger charge is 2.33. The van der Waals surface area contributed by atoms with Gasteiger partial charge in [0.2, 0.25) is 5.91 Å². The summed E-state index contributed by atoms with van der Waals surface area (Å²) in [6.45, 7) is 16.7. The van der Waals surface area contributed by atoms with Crippen LogP contribution in [0.4, 0.5) is 0 Å². The lowest BCUT2D eigenvalue weighted by Crippen LogP contribution is -2.54. The molecule has 3 fully saturated rings. The van der Waals surface area contributed by atoms with Crippen LogP contribution >= 0.6 is 0 Å². The Balaban J connectivity index is 1.29. The summed E-state index contributed by atoms with van der Waals surface area (Å²) >= 11 is 0. The highest BCUT2D eigenvalue weighted by atomic mass is 16.5. The second kappa shape index (κ2) is 11.2. The molecule has 0 radical (unpaired) electrons. The quantitative estimate of drug-likeness (QED) is 0.586. The number of hydrogen-bond acceptors (Lipinski definition) is 5. The van der Waals surface area contributed by atoms with Gasteiger partial charge in [-0.05, 0) is 65.7 Å². The van der Waals surface area contributed by atoms with Gasteiger partial charge < -0.3 is 9.64 Å². The number of hydrogen-bond donors (Lipinski definition) is 0. The summed E-state index contributed by atoms with van der Waals surface area (Å²) in [6, 6.07) is 0. The van der Waals surface area contributed by atoms with Crippen molar-refractivity contribution in [3.05, 3.63) is 0 Å². The molecule has 0 aromatic rings. The number of Topliss-reactive ketones (excluding diaryl/α,β-unsaturated/α-hetero) is 1. The first-order valence-corrected chi connectivity index (χ1v) is 12.7. The van der Waals surface area contributed by atoms with Crippen molar-refractivity contribution >= 4 is 11.7 Å². The van der Waals surface area contributed by atoms with Gasteiger partial charge in [0.15, 0.2) is 0 Å². The molecule has 2 saturated heterocycles. The first-order valence-electron chi connectivity index (χ1n) is 12.7. The van der Waals surface area contributed by atoms with E-state index in [2.05, 4.69) is 30.6 Å². The monoisotopic (exact) mass is 435 g/mol.